The van der Waals surface area contributed by atoms with Crippen molar-refractivity contribution in [2.24, 2.45) is 34.5 Å². The van der Waals surface area contributed by atoms with Crippen LogP contribution in [0.3, 0.4) is 0 Å². The van der Waals surface area contributed by atoms with Crippen molar-refractivity contribution in [3.05, 3.63) is 60.5 Å². The van der Waals surface area contributed by atoms with E-state index in [1.807, 2.05) is 33.8 Å². The van der Waals surface area contributed by atoms with Gasteiger partial charge in [0.05, 0.1) is 11.7 Å². The number of carbonyl (C=O) groups is 2. The maximum Gasteiger partial charge on any atom is 0.178 e. The lowest BCUT2D eigenvalue weighted by Crippen LogP contribution is -2.67. The normalized spacial score (nSPS) is 34.7. The van der Waals surface area contributed by atoms with Crippen molar-refractivity contribution in [3.63, 3.8) is 0 Å². The number of Topliss-reactive ketones (excluding diaryl/α,β-unsaturated/α-hetero) is 1. The molecule has 0 radical (unpaired) electrons. The Hall–Kier alpha value is -2.84. The summed E-state index contributed by atoms with van der Waals surface area (Å²) >= 11 is 0. The average molecular weight is 623 g/mol. The predicted octanol–water partition coefficient (Wildman–Crippen LogP) is 6.19. The number of hydrogen-bond acceptors (Lipinski definition) is 7. The summed E-state index contributed by atoms with van der Waals surface area (Å²) in [5.41, 5.74) is -3.19. The number of hydrogen-bond donors (Lipinski definition) is 3. The van der Waals surface area contributed by atoms with E-state index in [4.69, 9.17) is 10.5 Å². The lowest BCUT2D eigenvalue weighted by molar-refractivity contribution is -0.208. The first-order chi connectivity index (χ1) is 20.2. The van der Waals surface area contributed by atoms with E-state index in [-0.39, 0.29) is 41.6 Å². The smallest absolute Gasteiger partial charge is 0.178 e. The Balaban J connectivity index is 0.000000533. The zero-order valence-electron chi connectivity index (χ0n) is 27.0. The summed E-state index contributed by atoms with van der Waals surface area (Å²) in [4.78, 5) is 24.4. The second-order valence-electron chi connectivity index (χ2n) is 13.0. The maximum atomic E-state index is 16.8. The van der Waals surface area contributed by atoms with Crippen LogP contribution < -0.4 is 0 Å². The minimum absolute atomic E-state index is 0.0535. The summed E-state index contributed by atoms with van der Waals surface area (Å²) in [6.45, 7) is 20.1. The molecule has 0 aliphatic heterocycles. The van der Waals surface area contributed by atoms with Crippen LogP contribution in [-0.4, -0.2) is 70.2 Å². The number of likely N-dealkylation sites (N-methyl/N-ethyl adjacent to an activating group) is 1. The van der Waals surface area contributed by atoms with Gasteiger partial charge in [0.25, 0.3) is 0 Å². The number of nitrogens with zero attached hydrogens (tertiary/aromatic N) is 2. The Morgan fingerprint density at radius 2 is 1.77 bits per heavy atom. The molecule has 0 aromatic rings. The van der Waals surface area contributed by atoms with Gasteiger partial charge in [0.2, 0.25) is 0 Å². The van der Waals surface area contributed by atoms with Gasteiger partial charge in [0.1, 0.15) is 30.3 Å². The Morgan fingerprint density at radius 1 is 1.20 bits per heavy atom. The highest BCUT2D eigenvalue weighted by atomic mass is 19.1. The Kier molecular flexibility index (Phi) is 13.7. The van der Waals surface area contributed by atoms with Crippen LogP contribution in [0.25, 0.3) is 0 Å². The van der Waals surface area contributed by atoms with Crippen LogP contribution in [0.2, 0.25) is 0 Å². The third kappa shape index (κ3) is 7.86. The molecule has 3 fully saturated rings. The summed E-state index contributed by atoms with van der Waals surface area (Å²) in [5.74, 6) is -3.20. The molecule has 0 spiro atoms. The summed E-state index contributed by atoms with van der Waals surface area (Å²) in [6, 6.07) is 1.50. The van der Waals surface area contributed by atoms with E-state index in [9.17, 15) is 24.2 Å². The van der Waals surface area contributed by atoms with Crippen molar-refractivity contribution in [1.82, 2.24) is 5.06 Å². The first kappa shape index (κ1) is 39.2. The number of alkyl halides is 2. The molecule has 0 bridgehead atoms. The van der Waals surface area contributed by atoms with E-state index in [0.29, 0.717) is 13.0 Å². The number of allylic oxidation sites excluding steroid dienone is 6. The molecule has 3 saturated carbocycles. The molecule has 0 aromatic carbocycles. The number of aliphatic hydroxyl groups excluding tert-OH is 2. The second-order valence-corrected chi connectivity index (χ2v) is 13.0. The van der Waals surface area contributed by atoms with Crippen molar-refractivity contribution in [2.45, 2.75) is 78.7 Å². The standard InChI is InChI=1S/C23H32F2O4.C6H13NO.C5H4FN/c1-6-13(27)8-16-17(24)9-15-14-7-12(2)20(18(28)11-26)22(14,5)10-19(29)23(15,25)21(16,3)4;1-4-6(2)5-7(3)8;1-4(3-7)5(2)6/h6,8,12,14-15,17,19-20,26,29H,1,7,9-11H2,2-5H3;4,8H,5H2,1-3H3;1-2H2/b16-8-;6-4+;/t12-,14?,15?,17+,19?,20?,22?,23+;;/m1../s1. The SMILES string of the molecule is C/C=C(\C)CN(C)O.C=C(F)C(=C)C#N.C=CC(=O)/C=C1/[C@@H](F)CC2C3C[C@@H](C)C(C(=O)CO)C3(C)CC(O)[C@]2(F)C1(C)C. The highest BCUT2D eigenvalue weighted by Crippen LogP contribution is 2.69. The molecule has 0 heterocycles. The van der Waals surface area contributed by atoms with Crippen LogP contribution >= 0.6 is 0 Å². The number of ketones is 2. The van der Waals surface area contributed by atoms with Crippen molar-refractivity contribution < 1.29 is 38.2 Å². The quantitative estimate of drug-likeness (QED) is 0.102. The van der Waals surface area contributed by atoms with Gasteiger partial charge in [-0.2, -0.15) is 10.3 Å². The molecule has 246 valence electrons. The number of nitriles is 1. The first-order valence-corrected chi connectivity index (χ1v) is 14.7. The lowest BCUT2D eigenvalue weighted by atomic mass is 9.45. The van der Waals surface area contributed by atoms with Gasteiger partial charge in [-0.15, -0.1) is 0 Å². The fourth-order valence-corrected chi connectivity index (χ4v) is 7.65. The molecule has 3 aliphatic rings. The molecule has 5 unspecified atom stereocenters. The van der Waals surface area contributed by atoms with Gasteiger partial charge < -0.3 is 15.4 Å². The Labute approximate surface area is 260 Å². The molecule has 8 atom stereocenters. The van der Waals surface area contributed by atoms with E-state index in [1.54, 1.807) is 20.9 Å². The fraction of sp³-hybridized carbons (Fsp3) is 0.618. The molecule has 10 heteroatoms. The Bertz CT molecular complexity index is 1220. The van der Waals surface area contributed by atoms with Crippen molar-refractivity contribution in [2.75, 3.05) is 20.2 Å². The average Bonchev–Trinajstić information content (AvgIpc) is 3.21. The van der Waals surface area contributed by atoms with E-state index in [2.05, 4.69) is 19.7 Å². The molecule has 3 N–H and O–H groups in total. The summed E-state index contributed by atoms with van der Waals surface area (Å²) in [6.07, 6.45) is 1.71. The van der Waals surface area contributed by atoms with Crippen molar-refractivity contribution in [3.8, 4) is 6.07 Å². The van der Waals surface area contributed by atoms with Gasteiger partial charge in [-0.3, -0.25) is 9.59 Å². The van der Waals surface area contributed by atoms with Gasteiger partial charge in [-0.25, -0.2) is 13.2 Å². The molecule has 0 saturated heterocycles. The summed E-state index contributed by atoms with van der Waals surface area (Å²) < 4.78 is 43.7. The zero-order valence-corrected chi connectivity index (χ0v) is 27.0. The molecule has 3 rings (SSSR count). The summed E-state index contributed by atoms with van der Waals surface area (Å²) in [7, 11) is 1.63. The minimum Gasteiger partial charge on any atom is -0.390 e. The fourth-order valence-electron chi connectivity index (χ4n) is 7.65. The maximum absolute atomic E-state index is 16.8. The molecule has 44 heavy (non-hydrogen) atoms. The first-order valence-electron chi connectivity index (χ1n) is 14.7. The van der Waals surface area contributed by atoms with E-state index < -0.39 is 58.8 Å². The topological polar surface area (TPSA) is 122 Å². The van der Waals surface area contributed by atoms with E-state index in [1.165, 1.54) is 11.6 Å². The highest BCUT2D eigenvalue weighted by molar-refractivity contribution is 5.99. The third-order valence-corrected chi connectivity index (χ3v) is 9.81. The van der Waals surface area contributed by atoms with Crippen molar-refractivity contribution >= 4 is 11.6 Å². The number of fused-ring (bicyclic) bond motifs is 3. The zero-order chi connectivity index (χ0) is 34.4. The van der Waals surface area contributed by atoms with Gasteiger partial charge in [0.15, 0.2) is 11.6 Å². The van der Waals surface area contributed by atoms with Crippen LogP contribution in [0, 0.1) is 45.8 Å². The van der Waals surface area contributed by atoms with E-state index >= 15 is 8.78 Å². The van der Waals surface area contributed by atoms with Crippen LogP contribution in [0.4, 0.5) is 13.2 Å². The van der Waals surface area contributed by atoms with Crippen LogP contribution in [-0.2, 0) is 9.59 Å². The minimum atomic E-state index is -2.12. The van der Waals surface area contributed by atoms with Gasteiger partial charge in [0, 0.05) is 30.8 Å². The monoisotopic (exact) mass is 622 g/mol. The van der Waals surface area contributed by atoms with Crippen LogP contribution in [0.15, 0.2) is 60.5 Å². The molecule has 0 aromatic heterocycles. The van der Waals surface area contributed by atoms with Crippen molar-refractivity contribution in [1.29, 1.82) is 5.26 Å². The highest BCUT2D eigenvalue weighted by Gasteiger charge is 2.72. The molecule has 7 nitrogen and oxygen atoms in total. The van der Waals surface area contributed by atoms with E-state index in [0.717, 1.165) is 17.2 Å². The molecular weight excluding hydrogens is 573 g/mol. The molecule has 0 amide bonds. The lowest BCUT2D eigenvalue weighted by Gasteiger charge is -2.62. The number of aliphatic hydroxyl groups is 2. The Morgan fingerprint density at radius 3 is 2.16 bits per heavy atom. The second kappa shape index (κ2) is 15.4. The van der Waals surface area contributed by atoms with Crippen LogP contribution in [0.1, 0.15) is 60.8 Å². The molecule has 3 aliphatic carbocycles. The third-order valence-electron chi connectivity index (χ3n) is 9.81. The largest absolute Gasteiger partial charge is 0.390 e. The predicted molar refractivity (Wildman–Crippen MR) is 164 cm³/mol. The van der Waals surface area contributed by atoms with Gasteiger partial charge in [-0.1, -0.05) is 59.1 Å². The summed E-state index contributed by atoms with van der Waals surface area (Å²) in [5, 5.41) is 38.2. The number of carbonyl (C=O) groups excluding carboxylic acids is 2. The van der Waals surface area contributed by atoms with Gasteiger partial charge in [-0.05, 0) is 68.1 Å². The number of halogens is 3. The number of hydroxylamine groups is 2. The molecular formula is C34H49F3N2O5. The van der Waals surface area contributed by atoms with Gasteiger partial charge >= 0.3 is 0 Å². The number of rotatable bonds is 7. The van der Waals surface area contributed by atoms with Crippen LogP contribution in [0.5, 0.6) is 0 Å².